The molecule has 202 valence electrons. The zero-order valence-electron chi connectivity index (χ0n) is 21.6. The van der Waals surface area contributed by atoms with E-state index < -0.39 is 23.9 Å². The first-order valence-corrected chi connectivity index (χ1v) is 12.1. The standard InChI is InChI=1S/C28H28N4O7/c1-4-37-27(34)25-17(2)30-28(35)31-26(25)19-10-12-22(23(14-19)36-3)38-16-24(33)32-29-15-20-11-13-21(39-20)18-8-6-5-7-9-18/h5-15,26H,4,16H2,1-3H3,(H,32,33)(H2,30,31,35)/b29-15-/t26-/m0/s1. The van der Waals surface area contributed by atoms with Gasteiger partial charge in [0.1, 0.15) is 11.5 Å². The zero-order valence-corrected chi connectivity index (χ0v) is 21.6. The van der Waals surface area contributed by atoms with Gasteiger partial charge < -0.3 is 29.3 Å². The van der Waals surface area contributed by atoms with Gasteiger partial charge in [-0.25, -0.2) is 15.0 Å². The highest BCUT2D eigenvalue weighted by molar-refractivity contribution is 5.95. The molecule has 11 heteroatoms. The number of urea groups is 1. The average Bonchev–Trinajstić information content (AvgIpc) is 3.41. The average molecular weight is 533 g/mol. The summed E-state index contributed by atoms with van der Waals surface area (Å²) in [5.41, 5.74) is 4.55. The van der Waals surface area contributed by atoms with Gasteiger partial charge in [0, 0.05) is 11.3 Å². The molecule has 0 fully saturated rings. The molecule has 39 heavy (non-hydrogen) atoms. The van der Waals surface area contributed by atoms with E-state index in [0.29, 0.717) is 28.5 Å². The monoisotopic (exact) mass is 532 g/mol. The van der Waals surface area contributed by atoms with Crippen molar-refractivity contribution in [2.45, 2.75) is 19.9 Å². The molecule has 2 aromatic carbocycles. The molecule has 3 N–H and O–H groups in total. The lowest BCUT2D eigenvalue weighted by Gasteiger charge is -2.28. The van der Waals surface area contributed by atoms with Crippen LogP contribution in [0.15, 0.2) is 81.5 Å². The maximum Gasteiger partial charge on any atom is 0.338 e. The summed E-state index contributed by atoms with van der Waals surface area (Å²) in [6.45, 7) is 3.18. The first-order chi connectivity index (χ1) is 18.9. The van der Waals surface area contributed by atoms with Crippen molar-refractivity contribution in [1.29, 1.82) is 0 Å². The number of hydrogen-bond donors (Lipinski definition) is 3. The van der Waals surface area contributed by atoms with E-state index in [9.17, 15) is 14.4 Å². The molecule has 0 bridgehead atoms. The molecule has 0 saturated carbocycles. The summed E-state index contributed by atoms with van der Waals surface area (Å²) in [4.78, 5) is 36.9. The molecular formula is C28H28N4O7. The number of allylic oxidation sites excluding steroid dienone is 1. The van der Waals surface area contributed by atoms with E-state index in [-0.39, 0.29) is 24.5 Å². The smallest absolute Gasteiger partial charge is 0.338 e. The molecule has 2 heterocycles. The number of carbonyl (C=O) groups is 3. The van der Waals surface area contributed by atoms with Crippen LogP contribution in [0.5, 0.6) is 11.5 Å². The van der Waals surface area contributed by atoms with E-state index >= 15 is 0 Å². The Morgan fingerprint density at radius 1 is 1.10 bits per heavy atom. The highest BCUT2D eigenvalue weighted by Gasteiger charge is 2.32. The predicted molar refractivity (Wildman–Crippen MR) is 142 cm³/mol. The third kappa shape index (κ3) is 6.63. The van der Waals surface area contributed by atoms with Gasteiger partial charge in [-0.1, -0.05) is 36.4 Å². The molecule has 11 nitrogen and oxygen atoms in total. The van der Waals surface area contributed by atoms with Gasteiger partial charge in [-0.15, -0.1) is 0 Å². The lowest BCUT2D eigenvalue weighted by molar-refractivity contribution is -0.139. The quantitative estimate of drug-likeness (QED) is 0.206. The lowest BCUT2D eigenvalue weighted by Crippen LogP contribution is -2.45. The number of benzene rings is 2. The largest absolute Gasteiger partial charge is 0.493 e. The molecule has 4 rings (SSSR count). The summed E-state index contributed by atoms with van der Waals surface area (Å²) < 4.78 is 21.9. The second-order valence-electron chi connectivity index (χ2n) is 8.35. The Labute approximate surface area is 224 Å². The van der Waals surface area contributed by atoms with Crippen LogP contribution in [-0.4, -0.2) is 44.4 Å². The molecule has 1 aliphatic rings. The number of carbonyl (C=O) groups excluding carboxylic acids is 3. The number of rotatable bonds is 10. The van der Waals surface area contributed by atoms with Gasteiger partial charge in [0.25, 0.3) is 5.91 Å². The van der Waals surface area contributed by atoms with Gasteiger partial charge in [-0.05, 0) is 43.7 Å². The van der Waals surface area contributed by atoms with E-state index in [0.717, 1.165) is 5.56 Å². The molecular weight excluding hydrogens is 504 g/mol. The van der Waals surface area contributed by atoms with Gasteiger partial charge in [-0.3, -0.25) is 4.79 Å². The second kappa shape index (κ2) is 12.5. The van der Waals surface area contributed by atoms with Crippen LogP contribution in [0.1, 0.15) is 31.2 Å². The molecule has 3 amide bonds. The summed E-state index contributed by atoms with van der Waals surface area (Å²) >= 11 is 0. The third-order valence-corrected chi connectivity index (χ3v) is 5.71. The number of hydrogen-bond acceptors (Lipinski definition) is 8. The first kappa shape index (κ1) is 27.0. The van der Waals surface area contributed by atoms with Crippen LogP contribution in [0.4, 0.5) is 4.79 Å². The SMILES string of the molecule is CCOC(=O)C1=C(C)NC(=O)N[C@H]1c1ccc(OCC(=O)N/N=C\c2ccc(-c3ccccc3)o2)c(OC)c1. The van der Waals surface area contributed by atoms with E-state index in [1.54, 1.807) is 38.1 Å². The lowest BCUT2D eigenvalue weighted by atomic mass is 9.95. The molecule has 0 unspecified atom stereocenters. The maximum absolute atomic E-state index is 12.6. The van der Waals surface area contributed by atoms with Crippen molar-refractivity contribution in [2.75, 3.05) is 20.3 Å². The summed E-state index contributed by atoms with van der Waals surface area (Å²) in [7, 11) is 1.44. The fourth-order valence-electron chi connectivity index (χ4n) is 3.93. The van der Waals surface area contributed by atoms with Crippen LogP contribution in [0.25, 0.3) is 11.3 Å². The van der Waals surface area contributed by atoms with Gasteiger partial charge >= 0.3 is 12.0 Å². The van der Waals surface area contributed by atoms with E-state index in [2.05, 4.69) is 21.2 Å². The molecule has 0 aliphatic carbocycles. The fraction of sp³-hybridized carbons (Fsp3) is 0.214. The van der Waals surface area contributed by atoms with Crippen molar-refractivity contribution in [3.05, 3.63) is 83.3 Å². The molecule has 0 saturated heterocycles. The van der Waals surface area contributed by atoms with Gasteiger partial charge in [-0.2, -0.15) is 5.10 Å². The molecule has 0 spiro atoms. The highest BCUT2D eigenvalue weighted by Crippen LogP contribution is 2.34. The number of amides is 3. The summed E-state index contributed by atoms with van der Waals surface area (Å²) in [5.74, 6) is 0.713. The van der Waals surface area contributed by atoms with Crippen molar-refractivity contribution in [2.24, 2.45) is 5.10 Å². The van der Waals surface area contributed by atoms with Crippen molar-refractivity contribution in [3.8, 4) is 22.8 Å². The third-order valence-electron chi connectivity index (χ3n) is 5.71. The number of hydrazone groups is 1. The topological polar surface area (TPSA) is 140 Å². The second-order valence-corrected chi connectivity index (χ2v) is 8.35. The van der Waals surface area contributed by atoms with Crippen molar-refractivity contribution in [1.82, 2.24) is 16.1 Å². The number of methoxy groups -OCH3 is 1. The summed E-state index contributed by atoms with van der Waals surface area (Å²) in [6, 6.07) is 16.8. The fourth-order valence-corrected chi connectivity index (χ4v) is 3.93. The van der Waals surface area contributed by atoms with Crippen LogP contribution < -0.4 is 25.5 Å². The molecule has 0 radical (unpaired) electrons. The maximum atomic E-state index is 12.6. The summed E-state index contributed by atoms with van der Waals surface area (Å²) in [6.07, 6.45) is 1.39. The van der Waals surface area contributed by atoms with Gasteiger partial charge in [0.05, 0.1) is 31.5 Å². The predicted octanol–water partition coefficient (Wildman–Crippen LogP) is 3.68. The normalized spacial score (nSPS) is 14.9. The van der Waals surface area contributed by atoms with Crippen LogP contribution in [0.3, 0.4) is 0 Å². The van der Waals surface area contributed by atoms with E-state index in [1.165, 1.54) is 13.3 Å². The first-order valence-electron chi connectivity index (χ1n) is 12.1. The minimum atomic E-state index is -0.762. The van der Waals surface area contributed by atoms with Gasteiger partial charge in [0.2, 0.25) is 0 Å². The Morgan fingerprint density at radius 3 is 2.64 bits per heavy atom. The van der Waals surface area contributed by atoms with Crippen LogP contribution in [0, 0.1) is 0 Å². The van der Waals surface area contributed by atoms with Crippen molar-refractivity contribution in [3.63, 3.8) is 0 Å². The Bertz CT molecular complexity index is 1410. The Hall–Kier alpha value is -5.06. The Kier molecular flexibility index (Phi) is 8.62. The number of nitrogens with one attached hydrogen (secondary N) is 3. The molecule has 1 aliphatic heterocycles. The van der Waals surface area contributed by atoms with Gasteiger partial charge in [0.15, 0.2) is 18.1 Å². The Morgan fingerprint density at radius 2 is 1.90 bits per heavy atom. The Balaban J connectivity index is 1.38. The van der Waals surface area contributed by atoms with Crippen LogP contribution in [-0.2, 0) is 14.3 Å². The summed E-state index contributed by atoms with van der Waals surface area (Å²) in [5, 5.41) is 9.22. The minimum absolute atomic E-state index is 0.189. The molecule has 1 aromatic heterocycles. The van der Waals surface area contributed by atoms with E-state index in [4.69, 9.17) is 18.6 Å². The van der Waals surface area contributed by atoms with E-state index in [1.807, 2.05) is 36.4 Å². The molecule has 1 atom stereocenters. The highest BCUT2D eigenvalue weighted by atomic mass is 16.5. The number of ether oxygens (including phenoxy) is 3. The van der Waals surface area contributed by atoms with Crippen molar-refractivity contribution < 1.29 is 33.0 Å². The number of nitrogens with zero attached hydrogens (tertiary/aromatic N) is 1. The molecule has 3 aromatic rings. The van der Waals surface area contributed by atoms with Crippen molar-refractivity contribution >= 4 is 24.1 Å². The van der Waals surface area contributed by atoms with Crippen LogP contribution >= 0.6 is 0 Å². The zero-order chi connectivity index (χ0) is 27.8. The number of esters is 1. The van der Waals surface area contributed by atoms with Crippen LogP contribution in [0.2, 0.25) is 0 Å². The minimum Gasteiger partial charge on any atom is -0.493 e. The number of furan rings is 1.